The lowest BCUT2D eigenvalue weighted by Crippen LogP contribution is -2.42. The van der Waals surface area contributed by atoms with Gasteiger partial charge in [0.05, 0.1) is 16.6 Å². The van der Waals surface area contributed by atoms with Crippen LogP contribution in [0.25, 0.3) is 0 Å². The molecule has 1 atom stereocenters. The zero-order chi connectivity index (χ0) is 22.4. The van der Waals surface area contributed by atoms with Crippen LogP contribution in [-0.4, -0.2) is 20.9 Å². The van der Waals surface area contributed by atoms with Gasteiger partial charge < -0.3 is 5.32 Å². The molecule has 0 fully saturated rings. The number of carbonyl (C=O) groups excluding carboxylic acids is 1. The van der Waals surface area contributed by atoms with E-state index in [0.29, 0.717) is 12.1 Å². The van der Waals surface area contributed by atoms with Crippen molar-refractivity contribution in [2.24, 2.45) is 0 Å². The lowest BCUT2D eigenvalue weighted by Gasteiger charge is -2.27. The van der Waals surface area contributed by atoms with Crippen LogP contribution in [0.4, 0.5) is 10.1 Å². The Morgan fingerprint density at radius 2 is 1.58 bits per heavy atom. The third-order valence-electron chi connectivity index (χ3n) is 5.01. The van der Waals surface area contributed by atoms with Gasteiger partial charge in [-0.2, -0.15) is 0 Å². The van der Waals surface area contributed by atoms with E-state index in [4.69, 9.17) is 0 Å². The minimum absolute atomic E-state index is 0.111. The van der Waals surface area contributed by atoms with Crippen LogP contribution in [-0.2, 0) is 21.2 Å². The smallest absolute Gasteiger partial charge is 0.264 e. The summed E-state index contributed by atoms with van der Waals surface area (Å²) in [5.74, 6) is -0.819. The Morgan fingerprint density at radius 3 is 2.23 bits per heavy atom. The quantitative estimate of drug-likeness (QED) is 0.562. The van der Waals surface area contributed by atoms with E-state index in [1.165, 1.54) is 24.3 Å². The number of carbonyl (C=O) groups is 1. The Kier molecular flexibility index (Phi) is 7.07. The molecule has 0 spiro atoms. The zero-order valence-corrected chi connectivity index (χ0v) is 18.3. The summed E-state index contributed by atoms with van der Waals surface area (Å²) in [6.45, 7) is 3.32. The molecule has 0 bridgehead atoms. The van der Waals surface area contributed by atoms with Gasteiger partial charge in [0.25, 0.3) is 10.0 Å². The van der Waals surface area contributed by atoms with Gasteiger partial charge in [-0.25, -0.2) is 12.8 Å². The van der Waals surface area contributed by atoms with Crippen LogP contribution in [0.3, 0.4) is 0 Å². The third-order valence-corrected chi connectivity index (χ3v) is 6.78. The topological polar surface area (TPSA) is 66.5 Å². The predicted molar refractivity (Wildman–Crippen MR) is 120 cm³/mol. The van der Waals surface area contributed by atoms with E-state index in [1.54, 1.807) is 49.4 Å². The second-order valence-corrected chi connectivity index (χ2v) is 9.01. The number of amides is 1. The second kappa shape index (κ2) is 9.75. The van der Waals surface area contributed by atoms with E-state index in [2.05, 4.69) is 5.32 Å². The molecule has 1 amide bonds. The minimum atomic E-state index is -3.96. The third kappa shape index (κ3) is 5.30. The maximum absolute atomic E-state index is 13.4. The Bertz CT molecular complexity index is 1130. The van der Waals surface area contributed by atoms with Crippen LogP contribution < -0.4 is 9.62 Å². The monoisotopic (exact) mass is 440 g/mol. The van der Waals surface area contributed by atoms with E-state index >= 15 is 0 Å². The summed E-state index contributed by atoms with van der Waals surface area (Å²) in [7, 11) is -3.96. The minimum Gasteiger partial charge on any atom is -0.348 e. The second-order valence-electron chi connectivity index (χ2n) is 7.15. The summed E-state index contributed by atoms with van der Waals surface area (Å²) in [6.07, 6.45) is 0.616. The molecule has 5 nitrogen and oxygen atoms in total. The molecule has 162 valence electrons. The summed E-state index contributed by atoms with van der Waals surface area (Å²) in [5, 5.41) is 2.81. The highest BCUT2D eigenvalue weighted by Gasteiger charge is 2.28. The van der Waals surface area contributed by atoms with Crippen molar-refractivity contribution in [1.29, 1.82) is 0 Å². The first kappa shape index (κ1) is 22.5. The van der Waals surface area contributed by atoms with E-state index in [1.807, 2.05) is 19.1 Å². The number of aryl methyl sites for hydroxylation is 1. The summed E-state index contributed by atoms with van der Waals surface area (Å²) >= 11 is 0. The molecule has 7 heteroatoms. The summed E-state index contributed by atoms with van der Waals surface area (Å²) < 4.78 is 41.2. The summed E-state index contributed by atoms with van der Waals surface area (Å²) in [4.78, 5) is 13.0. The van der Waals surface area contributed by atoms with Crippen molar-refractivity contribution in [3.05, 3.63) is 95.8 Å². The molecule has 0 aromatic heterocycles. The van der Waals surface area contributed by atoms with E-state index in [9.17, 15) is 17.6 Å². The molecule has 0 aliphatic rings. The van der Waals surface area contributed by atoms with Gasteiger partial charge in [0, 0.05) is 0 Å². The number of halogens is 1. The number of rotatable bonds is 8. The Balaban J connectivity index is 1.91. The lowest BCUT2D eigenvalue weighted by molar-refractivity contribution is -0.120. The highest BCUT2D eigenvalue weighted by Crippen LogP contribution is 2.27. The van der Waals surface area contributed by atoms with Crippen molar-refractivity contribution >= 4 is 21.6 Å². The normalized spacial score (nSPS) is 12.2. The number of benzene rings is 3. The number of nitrogens with zero attached hydrogens (tertiary/aromatic N) is 1. The number of anilines is 1. The molecule has 1 N–H and O–H groups in total. The molecule has 31 heavy (non-hydrogen) atoms. The van der Waals surface area contributed by atoms with Crippen molar-refractivity contribution in [3.63, 3.8) is 0 Å². The molecule has 0 aliphatic carbocycles. The Hall–Kier alpha value is -3.19. The van der Waals surface area contributed by atoms with Gasteiger partial charge in [0.1, 0.15) is 12.4 Å². The Morgan fingerprint density at radius 1 is 0.968 bits per heavy atom. The van der Waals surface area contributed by atoms with E-state index in [-0.39, 0.29) is 17.3 Å². The van der Waals surface area contributed by atoms with Gasteiger partial charge in [0.2, 0.25) is 5.91 Å². The number of sulfonamides is 1. The molecule has 0 saturated heterocycles. The maximum atomic E-state index is 13.4. The van der Waals surface area contributed by atoms with Crippen molar-refractivity contribution in [2.45, 2.75) is 31.2 Å². The number of hydrogen-bond acceptors (Lipinski definition) is 3. The fraction of sp³-hybridized carbons (Fsp3) is 0.208. The average molecular weight is 441 g/mol. The van der Waals surface area contributed by atoms with Crippen molar-refractivity contribution < 1.29 is 17.6 Å². The first-order valence-corrected chi connectivity index (χ1v) is 11.5. The van der Waals surface area contributed by atoms with Crippen LogP contribution in [0.5, 0.6) is 0 Å². The van der Waals surface area contributed by atoms with Crippen LogP contribution in [0.1, 0.15) is 31.0 Å². The fourth-order valence-corrected chi connectivity index (χ4v) is 4.80. The zero-order valence-electron chi connectivity index (χ0n) is 17.5. The van der Waals surface area contributed by atoms with Crippen molar-refractivity contribution in [2.75, 3.05) is 10.8 Å². The molecule has 0 radical (unpaired) electrons. The molecule has 0 heterocycles. The first-order valence-electron chi connectivity index (χ1n) is 10.0. The molecular weight excluding hydrogens is 415 g/mol. The fourth-order valence-electron chi connectivity index (χ4n) is 3.32. The number of nitrogens with one attached hydrogen (secondary N) is 1. The summed E-state index contributed by atoms with van der Waals surface area (Å²) in [5.41, 5.74) is 2.01. The highest BCUT2D eigenvalue weighted by atomic mass is 32.2. The largest absolute Gasteiger partial charge is 0.348 e. The average Bonchev–Trinajstić information content (AvgIpc) is 2.78. The van der Waals surface area contributed by atoms with Gasteiger partial charge >= 0.3 is 0 Å². The van der Waals surface area contributed by atoms with Crippen molar-refractivity contribution in [1.82, 2.24) is 5.32 Å². The van der Waals surface area contributed by atoms with Gasteiger partial charge in [0.15, 0.2) is 0 Å². The van der Waals surface area contributed by atoms with Crippen LogP contribution in [0.2, 0.25) is 0 Å². The molecule has 0 saturated carbocycles. The summed E-state index contributed by atoms with van der Waals surface area (Å²) in [6, 6.07) is 20.6. The molecule has 0 aliphatic heterocycles. The molecular formula is C24H25FN2O3S. The van der Waals surface area contributed by atoms with Gasteiger partial charge in [-0.1, -0.05) is 55.5 Å². The predicted octanol–water partition coefficient (Wildman–Crippen LogP) is 4.46. The maximum Gasteiger partial charge on any atom is 0.264 e. The standard InChI is InChI=1S/C24H25FN2O3S/c1-3-19-9-7-8-12-23(19)27(31(29,30)22-10-5-4-6-11-22)17-24(28)26-18(2)20-13-15-21(25)16-14-20/h4-16,18H,3,17H2,1-2H3,(H,26,28)/t18-/m1/s1. The van der Waals surface area contributed by atoms with Gasteiger partial charge in [-0.15, -0.1) is 0 Å². The van der Waals surface area contributed by atoms with Crippen molar-refractivity contribution in [3.8, 4) is 0 Å². The highest BCUT2D eigenvalue weighted by molar-refractivity contribution is 7.92. The SMILES string of the molecule is CCc1ccccc1N(CC(=O)N[C@H](C)c1ccc(F)cc1)S(=O)(=O)c1ccccc1. The number of hydrogen-bond donors (Lipinski definition) is 1. The number of para-hydroxylation sites is 1. The van der Waals surface area contributed by atoms with Crippen LogP contribution in [0.15, 0.2) is 83.8 Å². The van der Waals surface area contributed by atoms with Crippen LogP contribution in [0, 0.1) is 5.82 Å². The molecule has 3 aromatic rings. The first-order chi connectivity index (χ1) is 14.8. The molecule has 3 rings (SSSR count). The van der Waals surface area contributed by atoms with E-state index < -0.39 is 22.0 Å². The molecule has 0 unspecified atom stereocenters. The van der Waals surface area contributed by atoms with Gasteiger partial charge in [-0.3, -0.25) is 9.10 Å². The van der Waals surface area contributed by atoms with Crippen LogP contribution >= 0.6 is 0 Å². The van der Waals surface area contributed by atoms with E-state index in [0.717, 1.165) is 15.4 Å². The lowest BCUT2D eigenvalue weighted by atomic mass is 10.1. The Labute approximate surface area is 182 Å². The van der Waals surface area contributed by atoms with Gasteiger partial charge in [-0.05, 0) is 54.8 Å². The molecule has 3 aromatic carbocycles.